The Morgan fingerprint density at radius 3 is 2.88 bits per heavy atom. The molecule has 2 aromatic heterocycles. The maximum Gasteiger partial charge on any atom is 0.266 e. The lowest BCUT2D eigenvalue weighted by Gasteiger charge is -2.32. The van der Waals surface area contributed by atoms with Crippen molar-refractivity contribution in [3.05, 3.63) is 63.3 Å². The van der Waals surface area contributed by atoms with Gasteiger partial charge in [0.25, 0.3) is 11.5 Å². The molecule has 0 saturated carbocycles. The van der Waals surface area contributed by atoms with Crippen LogP contribution in [0.15, 0.2) is 41.5 Å². The van der Waals surface area contributed by atoms with E-state index in [1.165, 1.54) is 12.3 Å². The normalized spacial score (nSPS) is 17.5. The maximum absolute atomic E-state index is 12.6. The van der Waals surface area contributed by atoms with E-state index < -0.39 is 5.56 Å². The molecular weight excluding hydrogens is 330 g/mol. The number of aromatic amines is 1. The molecule has 1 amide bonds. The molecule has 0 radical (unpaired) electrons. The predicted molar refractivity (Wildman–Crippen MR) is 89.3 cm³/mol. The number of hydrogen-bond acceptors (Lipinski definition) is 4. The fourth-order valence-corrected chi connectivity index (χ4v) is 3.03. The van der Waals surface area contributed by atoms with Gasteiger partial charge in [0.2, 0.25) is 0 Å². The van der Waals surface area contributed by atoms with E-state index in [-0.39, 0.29) is 22.6 Å². The number of ketones is 1. The molecule has 6 nitrogen and oxygen atoms in total. The Balaban J connectivity index is 1.75. The molecule has 24 heavy (non-hydrogen) atoms. The molecule has 0 bridgehead atoms. The number of nitrogens with zero attached hydrogens (tertiary/aromatic N) is 2. The Labute approximate surface area is 143 Å². The molecule has 1 aliphatic heterocycles. The van der Waals surface area contributed by atoms with Gasteiger partial charge in [-0.3, -0.25) is 19.4 Å². The summed E-state index contributed by atoms with van der Waals surface area (Å²) in [5, 5.41) is -0.0287. The van der Waals surface area contributed by atoms with Crippen LogP contribution in [0.1, 0.15) is 33.7 Å². The number of carbonyl (C=O) groups excluding carboxylic acids is 2. The van der Waals surface area contributed by atoms with Crippen molar-refractivity contribution in [1.82, 2.24) is 14.9 Å². The molecule has 0 aromatic carbocycles. The van der Waals surface area contributed by atoms with Gasteiger partial charge in [-0.2, -0.15) is 0 Å². The summed E-state index contributed by atoms with van der Waals surface area (Å²) >= 11 is 5.78. The number of amides is 1. The minimum atomic E-state index is -0.435. The average molecular weight is 346 g/mol. The van der Waals surface area contributed by atoms with Crippen LogP contribution in [0.5, 0.6) is 0 Å². The maximum atomic E-state index is 12.6. The van der Waals surface area contributed by atoms with E-state index in [9.17, 15) is 14.4 Å². The average Bonchev–Trinajstić information content (AvgIpc) is 2.63. The van der Waals surface area contributed by atoms with Crippen LogP contribution in [0.2, 0.25) is 5.02 Å². The summed E-state index contributed by atoms with van der Waals surface area (Å²) in [4.78, 5) is 44.6. The third-order valence-corrected chi connectivity index (χ3v) is 4.38. The molecule has 7 heteroatoms. The molecule has 1 N–H and O–H groups in total. The molecule has 1 aliphatic rings. The Kier molecular flexibility index (Phi) is 4.76. The van der Waals surface area contributed by atoms with Crippen molar-refractivity contribution in [3.63, 3.8) is 0 Å². The van der Waals surface area contributed by atoms with Crippen LogP contribution in [0.3, 0.4) is 0 Å². The largest absolute Gasteiger partial charge is 0.338 e. The van der Waals surface area contributed by atoms with Crippen molar-refractivity contribution in [2.24, 2.45) is 5.92 Å². The lowest BCUT2D eigenvalue weighted by molar-refractivity contribution is 0.0635. The zero-order valence-electron chi connectivity index (χ0n) is 12.9. The van der Waals surface area contributed by atoms with E-state index in [0.717, 1.165) is 12.8 Å². The van der Waals surface area contributed by atoms with Crippen LogP contribution in [0.4, 0.5) is 0 Å². The molecule has 3 heterocycles. The van der Waals surface area contributed by atoms with E-state index in [1.807, 2.05) is 0 Å². The highest BCUT2D eigenvalue weighted by Gasteiger charge is 2.30. The first-order valence-corrected chi connectivity index (χ1v) is 8.07. The molecule has 1 atom stereocenters. The van der Waals surface area contributed by atoms with Crippen molar-refractivity contribution in [2.45, 2.75) is 12.8 Å². The Hall–Kier alpha value is -2.47. The molecule has 124 valence electrons. The van der Waals surface area contributed by atoms with Crippen LogP contribution in [0, 0.1) is 5.92 Å². The van der Waals surface area contributed by atoms with Crippen LogP contribution in [0.25, 0.3) is 0 Å². The highest BCUT2D eigenvalue weighted by atomic mass is 35.5. The summed E-state index contributed by atoms with van der Waals surface area (Å²) in [6.45, 7) is 0.909. The fraction of sp³-hybridized carbons (Fsp3) is 0.294. The van der Waals surface area contributed by atoms with Gasteiger partial charge in [0.15, 0.2) is 5.78 Å². The quantitative estimate of drug-likeness (QED) is 0.864. The number of Topliss-reactive ketones (excluding diaryl/α,β-unsaturated/α-hetero) is 1. The second-order valence-electron chi connectivity index (χ2n) is 5.73. The van der Waals surface area contributed by atoms with Gasteiger partial charge in [0.05, 0.1) is 5.56 Å². The summed E-state index contributed by atoms with van der Waals surface area (Å²) in [6, 6.07) is 6.57. The summed E-state index contributed by atoms with van der Waals surface area (Å²) in [5.74, 6) is -0.560. The van der Waals surface area contributed by atoms with Gasteiger partial charge in [0, 0.05) is 31.4 Å². The predicted octanol–water partition coefficient (Wildman–Crippen LogP) is 2.16. The summed E-state index contributed by atoms with van der Waals surface area (Å²) in [5.41, 5.74) is 0.296. The zero-order valence-corrected chi connectivity index (χ0v) is 13.6. The summed E-state index contributed by atoms with van der Waals surface area (Å²) in [7, 11) is 0. The minimum absolute atomic E-state index is 0.0287. The van der Waals surface area contributed by atoms with Gasteiger partial charge in [-0.1, -0.05) is 17.7 Å². The van der Waals surface area contributed by atoms with Crippen molar-refractivity contribution in [1.29, 1.82) is 0 Å². The monoisotopic (exact) mass is 345 g/mol. The van der Waals surface area contributed by atoms with Crippen molar-refractivity contribution < 1.29 is 9.59 Å². The summed E-state index contributed by atoms with van der Waals surface area (Å²) < 4.78 is 0. The van der Waals surface area contributed by atoms with E-state index in [0.29, 0.717) is 24.3 Å². The fourth-order valence-electron chi connectivity index (χ4n) is 2.86. The van der Waals surface area contributed by atoms with Crippen molar-refractivity contribution >= 4 is 23.3 Å². The molecule has 0 aliphatic carbocycles. The number of piperidine rings is 1. The van der Waals surface area contributed by atoms with Gasteiger partial charge in [0.1, 0.15) is 10.7 Å². The topological polar surface area (TPSA) is 83.1 Å². The highest BCUT2D eigenvalue weighted by molar-refractivity contribution is 6.30. The van der Waals surface area contributed by atoms with Crippen molar-refractivity contribution in [2.75, 3.05) is 13.1 Å². The molecule has 1 unspecified atom stereocenters. The molecule has 0 spiro atoms. The zero-order chi connectivity index (χ0) is 17.1. The highest BCUT2D eigenvalue weighted by Crippen LogP contribution is 2.22. The number of nitrogens with one attached hydrogen (secondary N) is 1. The number of hydrogen-bond donors (Lipinski definition) is 1. The standard InChI is InChI=1S/C17H16ClN3O3/c18-13-8-12(9-20-16(13)23)17(24)21-7-3-4-11(10-21)15(22)14-5-1-2-6-19-14/h1-2,5-6,8-9,11H,3-4,7,10H2,(H,20,23). The third kappa shape index (κ3) is 3.38. The van der Waals surface area contributed by atoms with E-state index in [2.05, 4.69) is 9.97 Å². The first-order chi connectivity index (χ1) is 11.6. The number of halogens is 1. The van der Waals surface area contributed by atoms with Gasteiger partial charge in [-0.15, -0.1) is 0 Å². The number of rotatable bonds is 3. The van der Waals surface area contributed by atoms with Gasteiger partial charge < -0.3 is 9.88 Å². The number of pyridine rings is 2. The lowest BCUT2D eigenvalue weighted by Crippen LogP contribution is -2.42. The van der Waals surface area contributed by atoms with Crippen LogP contribution in [-0.4, -0.2) is 39.6 Å². The van der Waals surface area contributed by atoms with Crippen molar-refractivity contribution in [3.8, 4) is 0 Å². The minimum Gasteiger partial charge on any atom is -0.338 e. The molecule has 1 saturated heterocycles. The van der Waals surface area contributed by atoms with Gasteiger partial charge in [-0.05, 0) is 31.0 Å². The molecule has 1 fully saturated rings. The van der Waals surface area contributed by atoms with E-state index in [1.54, 1.807) is 29.3 Å². The van der Waals surface area contributed by atoms with Crippen LogP contribution >= 0.6 is 11.6 Å². The Morgan fingerprint density at radius 1 is 1.33 bits per heavy atom. The number of carbonyl (C=O) groups is 2. The third-order valence-electron chi connectivity index (χ3n) is 4.10. The second-order valence-corrected chi connectivity index (χ2v) is 6.14. The number of aromatic nitrogens is 2. The molecule has 3 rings (SSSR count). The molecule has 2 aromatic rings. The van der Waals surface area contributed by atoms with Crippen LogP contribution < -0.4 is 5.56 Å². The first kappa shape index (κ1) is 16.4. The smallest absolute Gasteiger partial charge is 0.266 e. The Bertz CT molecular complexity index is 819. The van der Waals surface area contributed by atoms with E-state index >= 15 is 0 Å². The summed E-state index contributed by atoms with van der Waals surface area (Å²) in [6.07, 6.45) is 4.40. The second kappa shape index (κ2) is 6.97. The lowest BCUT2D eigenvalue weighted by atomic mass is 9.91. The number of likely N-dealkylation sites (tertiary alicyclic amines) is 1. The van der Waals surface area contributed by atoms with Crippen LogP contribution in [-0.2, 0) is 0 Å². The Morgan fingerprint density at radius 2 is 2.17 bits per heavy atom. The SMILES string of the molecule is O=C(c1ccccn1)C1CCCN(C(=O)c2c[nH]c(=O)c(Cl)c2)C1. The number of H-pyrrole nitrogens is 1. The van der Waals surface area contributed by atoms with Gasteiger partial charge in [-0.25, -0.2) is 0 Å². The van der Waals surface area contributed by atoms with Gasteiger partial charge >= 0.3 is 0 Å². The molecular formula is C17H16ClN3O3. The first-order valence-electron chi connectivity index (χ1n) is 7.69. The van der Waals surface area contributed by atoms with E-state index in [4.69, 9.17) is 11.6 Å².